The molecule has 0 bridgehead atoms. The first kappa shape index (κ1) is 13.1. The van der Waals surface area contributed by atoms with Gasteiger partial charge in [0.25, 0.3) is 5.91 Å². The molecule has 2 rings (SSSR count). The second kappa shape index (κ2) is 5.51. The van der Waals surface area contributed by atoms with E-state index in [4.69, 9.17) is 16.9 Å². The van der Waals surface area contributed by atoms with Crippen LogP contribution in [0.25, 0.3) is 0 Å². The van der Waals surface area contributed by atoms with Crippen LogP contribution in [0.3, 0.4) is 0 Å². The molecule has 0 spiro atoms. The molecule has 5 heteroatoms. The van der Waals surface area contributed by atoms with Gasteiger partial charge in [0, 0.05) is 5.56 Å². The quantitative estimate of drug-likeness (QED) is 0.909. The van der Waals surface area contributed by atoms with Gasteiger partial charge in [0.1, 0.15) is 5.82 Å². The number of rotatable bonds is 2. The van der Waals surface area contributed by atoms with Gasteiger partial charge in [-0.05, 0) is 42.5 Å². The number of anilines is 1. The summed E-state index contributed by atoms with van der Waals surface area (Å²) in [6.07, 6.45) is 0. The topological polar surface area (TPSA) is 52.9 Å². The van der Waals surface area contributed by atoms with Crippen LogP contribution in [-0.4, -0.2) is 5.91 Å². The number of benzene rings is 2. The molecule has 19 heavy (non-hydrogen) atoms. The van der Waals surface area contributed by atoms with Crippen LogP contribution in [0.15, 0.2) is 42.5 Å². The van der Waals surface area contributed by atoms with Gasteiger partial charge in [-0.1, -0.05) is 11.6 Å². The Morgan fingerprint density at radius 2 is 1.89 bits per heavy atom. The molecule has 0 radical (unpaired) electrons. The summed E-state index contributed by atoms with van der Waals surface area (Å²) in [5.74, 6) is -0.806. The van der Waals surface area contributed by atoms with Gasteiger partial charge in [-0.2, -0.15) is 5.26 Å². The SMILES string of the molecule is N#Cc1ccc(NC(=O)c2ccc(F)cc2)c(Cl)c1. The Hall–Kier alpha value is -2.38. The van der Waals surface area contributed by atoms with E-state index < -0.39 is 11.7 Å². The molecule has 0 aromatic heterocycles. The lowest BCUT2D eigenvalue weighted by Gasteiger charge is -2.07. The van der Waals surface area contributed by atoms with Crippen LogP contribution < -0.4 is 5.32 Å². The highest BCUT2D eigenvalue weighted by Crippen LogP contribution is 2.23. The summed E-state index contributed by atoms with van der Waals surface area (Å²) in [6.45, 7) is 0. The van der Waals surface area contributed by atoms with E-state index in [1.54, 1.807) is 12.1 Å². The maximum Gasteiger partial charge on any atom is 0.255 e. The van der Waals surface area contributed by atoms with E-state index in [-0.39, 0.29) is 5.02 Å². The molecular weight excluding hydrogens is 267 g/mol. The standard InChI is InChI=1S/C14H8ClFN2O/c15-12-7-9(8-17)1-6-13(12)18-14(19)10-2-4-11(16)5-3-10/h1-7H,(H,18,19). The first-order valence-electron chi connectivity index (χ1n) is 5.37. The molecule has 0 unspecified atom stereocenters. The first-order valence-corrected chi connectivity index (χ1v) is 5.74. The minimum absolute atomic E-state index is 0.273. The van der Waals surface area contributed by atoms with Gasteiger partial charge in [0.2, 0.25) is 0 Å². The molecule has 1 N–H and O–H groups in total. The lowest BCUT2D eigenvalue weighted by molar-refractivity contribution is 0.102. The van der Waals surface area contributed by atoms with Gasteiger partial charge in [-0.15, -0.1) is 0 Å². The van der Waals surface area contributed by atoms with Gasteiger partial charge in [-0.3, -0.25) is 4.79 Å². The van der Waals surface area contributed by atoms with Crippen LogP contribution in [0.4, 0.5) is 10.1 Å². The largest absolute Gasteiger partial charge is 0.321 e. The van der Waals surface area contributed by atoms with Crippen molar-refractivity contribution in [2.24, 2.45) is 0 Å². The normalized spacial score (nSPS) is 9.74. The van der Waals surface area contributed by atoms with Crippen molar-refractivity contribution < 1.29 is 9.18 Å². The number of carbonyl (C=O) groups is 1. The van der Waals surface area contributed by atoms with E-state index in [0.29, 0.717) is 16.8 Å². The minimum atomic E-state index is -0.409. The number of nitrogens with one attached hydrogen (secondary N) is 1. The highest BCUT2D eigenvalue weighted by Gasteiger charge is 2.09. The summed E-state index contributed by atoms with van der Waals surface area (Å²) < 4.78 is 12.7. The van der Waals surface area contributed by atoms with E-state index in [1.165, 1.54) is 30.3 Å². The summed E-state index contributed by atoms with van der Waals surface area (Å²) in [6, 6.07) is 11.7. The van der Waals surface area contributed by atoms with E-state index >= 15 is 0 Å². The van der Waals surface area contributed by atoms with E-state index in [9.17, 15) is 9.18 Å². The van der Waals surface area contributed by atoms with E-state index in [1.807, 2.05) is 6.07 Å². The van der Waals surface area contributed by atoms with Crippen LogP contribution in [-0.2, 0) is 0 Å². The van der Waals surface area contributed by atoms with Crippen molar-refractivity contribution in [3.8, 4) is 6.07 Å². The average Bonchev–Trinajstić information content (AvgIpc) is 2.41. The molecule has 0 fully saturated rings. The Kier molecular flexibility index (Phi) is 3.79. The first-order chi connectivity index (χ1) is 9.10. The zero-order valence-electron chi connectivity index (χ0n) is 9.65. The second-order valence-electron chi connectivity index (χ2n) is 3.77. The summed E-state index contributed by atoms with van der Waals surface area (Å²) in [5.41, 5.74) is 1.13. The average molecular weight is 275 g/mol. The van der Waals surface area contributed by atoms with Gasteiger partial charge in [-0.25, -0.2) is 4.39 Å². The third kappa shape index (κ3) is 3.09. The smallest absolute Gasteiger partial charge is 0.255 e. The van der Waals surface area contributed by atoms with Crippen LogP contribution >= 0.6 is 11.6 Å². The maximum atomic E-state index is 12.7. The third-order valence-electron chi connectivity index (χ3n) is 2.45. The summed E-state index contributed by atoms with van der Waals surface area (Å²) >= 11 is 5.94. The Labute approximate surface area is 114 Å². The number of halogens is 2. The minimum Gasteiger partial charge on any atom is -0.321 e. The third-order valence-corrected chi connectivity index (χ3v) is 2.77. The molecule has 0 aliphatic rings. The van der Waals surface area contributed by atoms with Crippen molar-refractivity contribution in [1.29, 1.82) is 5.26 Å². The molecule has 0 aliphatic heterocycles. The lowest BCUT2D eigenvalue weighted by atomic mass is 10.2. The molecule has 0 saturated carbocycles. The highest BCUT2D eigenvalue weighted by molar-refractivity contribution is 6.34. The molecule has 0 heterocycles. The van der Waals surface area contributed by atoms with Crippen LogP contribution in [0.2, 0.25) is 5.02 Å². The van der Waals surface area contributed by atoms with Gasteiger partial charge in [0.15, 0.2) is 0 Å². The van der Waals surface area contributed by atoms with Gasteiger partial charge >= 0.3 is 0 Å². The monoisotopic (exact) mass is 274 g/mol. The number of carbonyl (C=O) groups excluding carboxylic acids is 1. The fourth-order valence-electron chi connectivity index (χ4n) is 1.48. The molecule has 0 saturated heterocycles. The molecule has 1 amide bonds. The molecule has 3 nitrogen and oxygen atoms in total. The Morgan fingerprint density at radius 1 is 1.21 bits per heavy atom. The van der Waals surface area contributed by atoms with Crippen molar-refractivity contribution in [3.63, 3.8) is 0 Å². The zero-order chi connectivity index (χ0) is 13.8. The van der Waals surface area contributed by atoms with Crippen LogP contribution in [0, 0.1) is 17.1 Å². The van der Waals surface area contributed by atoms with Crippen molar-refractivity contribution >= 4 is 23.2 Å². The predicted octanol–water partition coefficient (Wildman–Crippen LogP) is 3.60. The summed E-state index contributed by atoms with van der Waals surface area (Å²) in [5, 5.41) is 11.6. The number of amides is 1. The van der Waals surface area contributed by atoms with E-state index in [0.717, 1.165) is 0 Å². The molecular formula is C14H8ClFN2O. The highest BCUT2D eigenvalue weighted by atomic mass is 35.5. The maximum absolute atomic E-state index is 12.7. The van der Waals surface area contributed by atoms with Gasteiger partial charge < -0.3 is 5.32 Å². The fourth-order valence-corrected chi connectivity index (χ4v) is 1.71. The Bertz CT molecular complexity index is 662. The summed E-state index contributed by atoms with van der Waals surface area (Å²) in [7, 11) is 0. The lowest BCUT2D eigenvalue weighted by Crippen LogP contribution is -2.12. The van der Waals surface area contributed by atoms with Crippen LogP contribution in [0.1, 0.15) is 15.9 Å². The van der Waals surface area contributed by atoms with Crippen molar-refractivity contribution in [2.75, 3.05) is 5.32 Å². The molecule has 2 aromatic carbocycles. The number of hydrogen-bond donors (Lipinski definition) is 1. The fraction of sp³-hybridized carbons (Fsp3) is 0. The number of hydrogen-bond acceptors (Lipinski definition) is 2. The molecule has 0 atom stereocenters. The molecule has 94 valence electrons. The second-order valence-corrected chi connectivity index (χ2v) is 4.17. The zero-order valence-corrected chi connectivity index (χ0v) is 10.4. The number of nitriles is 1. The van der Waals surface area contributed by atoms with Crippen molar-refractivity contribution in [1.82, 2.24) is 0 Å². The Balaban J connectivity index is 2.20. The van der Waals surface area contributed by atoms with Crippen molar-refractivity contribution in [2.45, 2.75) is 0 Å². The van der Waals surface area contributed by atoms with Crippen molar-refractivity contribution in [3.05, 3.63) is 64.4 Å². The summed E-state index contributed by atoms with van der Waals surface area (Å²) in [4.78, 5) is 11.9. The number of nitrogens with zero attached hydrogens (tertiary/aromatic N) is 1. The predicted molar refractivity (Wildman–Crippen MR) is 70.5 cm³/mol. The van der Waals surface area contributed by atoms with E-state index in [2.05, 4.69) is 5.32 Å². The Morgan fingerprint density at radius 3 is 2.47 bits per heavy atom. The molecule has 0 aliphatic carbocycles. The molecule has 2 aromatic rings. The van der Waals surface area contributed by atoms with Crippen LogP contribution in [0.5, 0.6) is 0 Å². The van der Waals surface area contributed by atoms with Gasteiger partial charge in [0.05, 0.1) is 22.3 Å².